The van der Waals surface area contributed by atoms with Crippen LogP contribution in [0.2, 0.25) is 0 Å². The van der Waals surface area contributed by atoms with Gasteiger partial charge in [-0.2, -0.15) is 13.2 Å². The summed E-state index contributed by atoms with van der Waals surface area (Å²) in [5, 5.41) is 10.8. The van der Waals surface area contributed by atoms with Gasteiger partial charge in [0.1, 0.15) is 6.04 Å². The molecule has 0 spiro atoms. The largest absolute Gasteiger partial charge is 0.491 e. The van der Waals surface area contributed by atoms with Crippen molar-refractivity contribution in [2.45, 2.75) is 44.8 Å². The number of amides is 4. The first-order chi connectivity index (χ1) is 21.3. The number of hydrogen-bond acceptors (Lipinski definition) is 7. The van der Waals surface area contributed by atoms with Crippen molar-refractivity contribution in [1.82, 2.24) is 5.32 Å². The Balaban J connectivity index is 1.56. The number of alkyl halides is 3. The lowest BCUT2D eigenvalue weighted by Crippen LogP contribution is -2.44. The fourth-order valence-corrected chi connectivity index (χ4v) is 4.02. The number of urea groups is 1. The molecular formula is C31H32F3N5O6. The number of anilines is 3. The van der Waals surface area contributed by atoms with E-state index in [4.69, 9.17) is 5.73 Å². The van der Waals surface area contributed by atoms with Gasteiger partial charge >= 0.3 is 24.1 Å². The van der Waals surface area contributed by atoms with E-state index >= 15 is 0 Å². The van der Waals surface area contributed by atoms with Crippen LogP contribution in [0.3, 0.4) is 0 Å². The van der Waals surface area contributed by atoms with Gasteiger partial charge in [-0.25, -0.2) is 14.4 Å². The highest BCUT2D eigenvalue weighted by atomic mass is 19.4. The summed E-state index contributed by atoms with van der Waals surface area (Å²) in [4.78, 5) is 60.9. The third-order valence-corrected chi connectivity index (χ3v) is 6.37. The maximum atomic E-state index is 13.0. The van der Waals surface area contributed by atoms with Gasteiger partial charge in [-0.05, 0) is 86.3 Å². The lowest BCUT2D eigenvalue weighted by atomic mass is 10.1. The summed E-state index contributed by atoms with van der Waals surface area (Å²) in [7, 11) is 0. The Hall–Kier alpha value is -5.24. The molecule has 0 aliphatic heterocycles. The van der Waals surface area contributed by atoms with E-state index in [1.807, 2.05) is 25.1 Å². The van der Waals surface area contributed by atoms with Gasteiger partial charge < -0.3 is 31.7 Å². The molecule has 0 fully saturated rings. The second-order valence-corrected chi connectivity index (χ2v) is 9.91. The fourth-order valence-electron chi connectivity index (χ4n) is 4.02. The maximum Gasteiger partial charge on any atom is 0.491 e. The Kier molecular flexibility index (Phi) is 12.2. The Morgan fingerprint density at radius 3 is 2.07 bits per heavy atom. The number of halogens is 3. The molecule has 0 aromatic heterocycles. The minimum absolute atomic E-state index is 0.0518. The first-order valence-electron chi connectivity index (χ1n) is 13.8. The summed E-state index contributed by atoms with van der Waals surface area (Å²) < 4.78 is 40.8. The fraction of sp³-hybridized carbons (Fsp3) is 0.258. The predicted octanol–water partition coefficient (Wildman–Crippen LogP) is 4.68. The normalized spacial score (nSPS) is 11.6. The number of nitrogens with one attached hydrogen (secondary N) is 4. The molecule has 0 saturated carbocycles. The van der Waals surface area contributed by atoms with Crippen molar-refractivity contribution in [3.05, 3.63) is 89.5 Å². The average Bonchev–Trinajstić information content (AvgIpc) is 2.98. The number of carbonyl (C=O) groups is 5. The highest BCUT2D eigenvalue weighted by Gasteiger charge is 2.42. The summed E-state index contributed by atoms with van der Waals surface area (Å²) in [5.74, 6) is -5.15. The molecule has 3 aromatic rings. The zero-order valence-electron chi connectivity index (χ0n) is 24.2. The number of para-hydroxylation sites is 1. The van der Waals surface area contributed by atoms with Gasteiger partial charge in [-0.1, -0.05) is 30.3 Å². The Morgan fingerprint density at radius 1 is 0.822 bits per heavy atom. The molecule has 0 aliphatic carbocycles. The molecule has 14 heteroatoms. The minimum Gasteiger partial charge on any atom is -0.383 e. The maximum absolute atomic E-state index is 13.0. The molecule has 11 nitrogen and oxygen atoms in total. The minimum atomic E-state index is -5.33. The zero-order chi connectivity index (χ0) is 33.0. The van der Waals surface area contributed by atoms with E-state index < -0.39 is 42.0 Å². The van der Waals surface area contributed by atoms with E-state index in [0.717, 1.165) is 17.7 Å². The van der Waals surface area contributed by atoms with Crippen molar-refractivity contribution in [2.24, 2.45) is 5.73 Å². The number of aryl methyl sites for hydroxylation is 1. The van der Waals surface area contributed by atoms with Crippen LogP contribution in [0.5, 0.6) is 0 Å². The predicted molar refractivity (Wildman–Crippen MR) is 160 cm³/mol. The van der Waals surface area contributed by atoms with E-state index in [0.29, 0.717) is 36.3 Å². The number of rotatable bonds is 12. The van der Waals surface area contributed by atoms with Crippen LogP contribution in [-0.2, 0) is 25.5 Å². The zero-order valence-corrected chi connectivity index (χ0v) is 24.2. The van der Waals surface area contributed by atoms with E-state index in [2.05, 4.69) is 26.0 Å². The van der Waals surface area contributed by atoms with Crippen molar-refractivity contribution >= 4 is 46.8 Å². The van der Waals surface area contributed by atoms with Crippen molar-refractivity contribution in [3.8, 4) is 0 Å². The first-order valence-corrected chi connectivity index (χ1v) is 13.8. The molecule has 3 aromatic carbocycles. The molecule has 4 amide bonds. The molecule has 0 saturated heterocycles. The van der Waals surface area contributed by atoms with Gasteiger partial charge in [0.15, 0.2) is 0 Å². The summed E-state index contributed by atoms with van der Waals surface area (Å²) >= 11 is 0. The van der Waals surface area contributed by atoms with Gasteiger partial charge in [0.25, 0.3) is 0 Å². The monoisotopic (exact) mass is 627 g/mol. The molecule has 3 rings (SSSR count). The standard InChI is InChI=1S/C31H32F3N5O6/c1-19-6-2-3-7-24(19)39-30(44)37-23-13-9-20(10-14-23)18-26(40)38-25(8-4-5-17-35)27(41)36-22-15-11-21(12-16-22)28(42)45-29(43)31(32,33)34/h2-3,6-7,9-16,25H,4-5,8,17-18,35H2,1H3,(H,36,41)(H,38,40)(H2,37,39,44)/t25-/m0/s1. The molecule has 0 unspecified atom stereocenters. The summed E-state index contributed by atoms with van der Waals surface area (Å²) in [6.07, 6.45) is -3.95. The van der Waals surface area contributed by atoms with E-state index in [1.165, 1.54) is 12.1 Å². The quantitative estimate of drug-likeness (QED) is 0.110. The van der Waals surface area contributed by atoms with Gasteiger partial charge in [0.05, 0.1) is 12.0 Å². The highest BCUT2D eigenvalue weighted by molar-refractivity contribution is 6.01. The third-order valence-electron chi connectivity index (χ3n) is 6.37. The number of unbranched alkanes of at least 4 members (excludes halogenated alkanes) is 1. The topological polar surface area (TPSA) is 169 Å². The van der Waals surface area contributed by atoms with Crippen molar-refractivity contribution < 1.29 is 41.9 Å². The summed E-state index contributed by atoms with van der Waals surface area (Å²) in [5.41, 5.74) is 8.12. The van der Waals surface area contributed by atoms with Crippen LogP contribution in [0.15, 0.2) is 72.8 Å². The molecule has 6 N–H and O–H groups in total. The first kappa shape index (κ1) is 34.3. The van der Waals surface area contributed by atoms with Crippen LogP contribution >= 0.6 is 0 Å². The number of carbonyl (C=O) groups excluding carboxylic acids is 5. The van der Waals surface area contributed by atoms with Crippen LogP contribution in [0.4, 0.5) is 35.0 Å². The second-order valence-electron chi connectivity index (χ2n) is 9.91. The van der Waals surface area contributed by atoms with Crippen LogP contribution < -0.4 is 27.0 Å². The molecule has 0 aliphatic rings. The molecular weight excluding hydrogens is 595 g/mol. The molecule has 45 heavy (non-hydrogen) atoms. The second kappa shape index (κ2) is 16.0. The molecule has 1 atom stereocenters. The smallest absolute Gasteiger partial charge is 0.383 e. The van der Waals surface area contributed by atoms with Gasteiger partial charge in [-0.15, -0.1) is 0 Å². The Morgan fingerprint density at radius 2 is 1.44 bits per heavy atom. The summed E-state index contributed by atoms with van der Waals surface area (Å²) in [6, 6.07) is 17.2. The lowest BCUT2D eigenvalue weighted by molar-refractivity contribution is -0.193. The average molecular weight is 628 g/mol. The SMILES string of the molecule is Cc1ccccc1NC(=O)Nc1ccc(CC(=O)N[C@@H](CCCCN)C(=O)Nc2ccc(C(=O)OC(=O)C(F)(F)F)cc2)cc1. The Labute approximate surface area is 256 Å². The van der Waals surface area contributed by atoms with Crippen LogP contribution in [-0.4, -0.2) is 48.5 Å². The number of benzene rings is 3. The van der Waals surface area contributed by atoms with E-state index in [9.17, 15) is 37.1 Å². The number of hydrogen-bond donors (Lipinski definition) is 5. The summed E-state index contributed by atoms with van der Waals surface area (Å²) in [6.45, 7) is 2.26. The number of nitrogens with two attached hydrogens (primary N) is 1. The molecule has 0 bridgehead atoms. The van der Waals surface area contributed by atoms with Crippen molar-refractivity contribution in [1.29, 1.82) is 0 Å². The molecule has 238 valence electrons. The molecule has 0 radical (unpaired) electrons. The van der Waals surface area contributed by atoms with Gasteiger partial charge in [0, 0.05) is 17.1 Å². The van der Waals surface area contributed by atoms with Crippen LogP contribution in [0, 0.1) is 6.92 Å². The van der Waals surface area contributed by atoms with Crippen molar-refractivity contribution in [3.63, 3.8) is 0 Å². The highest BCUT2D eigenvalue weighted by Crippen LogP contribution is 2.19. The van der Waals surface area contributed by atoms with Crippen molar-refractivity contribution in [2.75, 3.05) is 22.5 Å². The van der Waals surface area contributed by atoms with Crippen LogP contribution in [0.1, 0.15) is 40.7 Å². The van der Waals surface area contributed by atoms with E-state index in [1.54, 1.807) is 30.3 Å². The van der Waals surface area contributed by atoms with Crippen LogP contribution in [0.25, 0.3) is 0 Å². The van der Waals surface area contributed by atoms with Gasteiger partial charge in [0.2, 0.25) is 11.8 Å². The molecule has 0 heterocycles. The Bertz CT molecular complexity index is 1510. The van der Waals surface area contributed by atoms with Gasteiger partial charge in [-0.3, -0.25) is 9.59 Å². The number of esters is 2. The third kappa shape index (κ3) is 11.1. The number of ether oxygens (including phenoxy) is 1. The lowest BCUT2D eigenvalue weighted by Gasteiger charge is -2.19. The van der Waals surface area contributed by atoms with E-state index in [-0.39, 0.29) is 24.1 Å².